The van der Waals surface area contributed by atoms with Crippen LogP contribution in [0.5, 0.6) is 5.75 Å². The largest absolute Gasteiger partial charge is 0.463 e. The Bertz CT molecular complexity index is 931. The average molecular weight is 390 g/mol. The molecule has 150 valence electrons. The third-order valence-corrected chi connectivity index (χ3v) is 4.37. The summed E-state index contributed by atoms with van der Waals surface area (Å²) in [6.07, 6.45) is -0.811. The van der Waals surface area contributed by atoms with Crippen molar-refractivity contribution >= 4 is 22.9 Å². The Morgan fingerprint density at radius 2 is 1.93 bits per heavy atom. The lowest BCUT2D eigenvalue weighted by molar-refractivity contribution is -0.223. The third kappa shape index (κ3) is 4.89. The van der Waals surface area contributed by atoms with E-state index in [1.54, 1.807) is 18.2 Å². The van der Waals surface area contributed by atoms with Crippen molar-refractivity contribution in [2.24, 2.45) is 0 Å². The number of carbonyl (C=O) groups is 2. The summed E-state index contributed by atoms with van der Waals surface area (Å²) in [7, 11) is 0. The van der Waals surface area contributed by atoms with Crippen molar-refractivity contribution < 1.29 is 33.0 Å². The molecule has 28 heavy (non-hydrogen) atoms. The van der Waals surface area contributed by atoms with Crippen LogP contribution in [-0.2, 0) is 23.8 Å². The van der Waals surface area contributed by atoms with Gasteiger partial charge in [-0.2, -0.15) is 0 Å². The Hall–Kier alpha value is -2.87. The second-order valence-electron chi connectivity index (χ2n) is 6.68. The molecule has 0 radical (unpaired) electrons. The van der Waals surface area contributed by atoms with E-state index in [4.69, 9.17) is 23.4 Å². The summed E-state index contributed by atoms with van der Waals surface area (Å²) in [5.74, 6) is -0.444. The predicted octanol–water partition coefficient (Wildman–Crippen LogP) is 2.48. The zero-order valence-corrected chi connectivity index (χ0v) is 15.9. The molecule has 0 saturated carbocycles. The molecule has 2 aromatic rings. The van der Waals surface area contributed by atoms with Gasteiger partial charge >= 0.3 is 17.6 Å². The molecule has 0 aliphatic carbocycles. The van der Waals surface area contributed by atoms with Crippen LogP contribution in [0.25, 0.3) is 11.0 Å². The van der Waals surface area contributed by atoms with Crippen LogP contribution in [0.2, 0.25) is 0 Å². The quantitative estimate of drug-likeness (QED) is 0.567. The first-order valence-electron chi connectivity index (χ1n) is 8.99. The molecule has 3 atom stereocenters. The number of esters is 2. The van der Waals surface area contributed by atoms with Crippen LogP contribution >= 0.6 is 0 Å². The van der Waals surface area contributed by atoms with Gasteiger partial charge in [0, 0.05) is 31.4 Å². The molecule has 3 rings (SSSR count). The van der Waals surface area contributed by atoms with Crippen molar-refractivity contribution in [3.05, 3.63) is 40.2 Å². The first-order chi connectivity index (χ1) is 13.3. The summed E-state index contributed by atoms with van der Waals surface area (Å²) in [6, 6.07) is 6.51. The molecule has 1 aliphatic heterocycles. The van der Waals surface area contributed by atoms with Crippen molar-refractivity contribution in [1.29, 1.82) is 0 Å². The maximum atomic E-state index is 11.6. The van der Waals surface area contributed by atoms with Gasteiger partial charge in [-0.3, -0.25) is 9.59 Å². The summed E-state index contributed by atoms with van der Waals surface area (Å²) >= 11 is 0. The Labute approximate surface area is 161 Å². The molecular weight excluding hydrogens is 368 g/mol. The van der Waals surface area contributed by atoms with Gasteiger partial charge in [0.15, 0.2) is 6.10 Å². The maximum absolute atomic E-state index is 11.6. The van der Waals surface area contributed by atoms with Crippen LogP contribution in [0.15, 0.2) is 33.5 Å². The number of benzene rings is 1. The minimum atomic E-state index is -0.882. The minimum Gasteiger partial charge on any atom is -0.463 e. The SMILES string of the molecule is CC(=O)OC[C@@H]1CC[C@@H](OC(C)=O)C(Oc2ccc3c(C)cc(=O)oc3c2)O1. The number of hydrogen-bond donors (Lipinski definition) is 0. The highest BCUT2D eigenvalue weighted by Gasteiger charge is 2.35. The van der Waals surface area contributed by atoms with Gasteiger partial charge in [0.25, 0.3) is 0 Å². The van der Waals surface area contributed by atoms with E-state index in [0.29, 0.717) is 24.2 Å². The Morgan fingerprint density at radius 1 is 1.14 bits per heavy atom. The topological polar surface area (TPSA) is 101 Å². The van der Waals surface area contributed by atoms with Crippen molar-refractivity contribution in [2.75, 3.05) is 6.61 Å². The fourth-order valence-corrected chi connectivity index (χ4v) is 3.11. The molecular formula is C20H22O8. The molecule has 0 bridgehead atoms. The monoisotopic (exact) mass is 390 g/mol. The fourth-order valence-electron chi connectivity index (χ4n) is 3.11. The Balaban J connectivity index is 1.80. The second kappa shape index (κ2) is 8.43. The number of carbonyl (C=O) groups excluding carboxylic acids is 2. The molecule has 1 aromatic heterocycles. The summed E-state index contributed by atoms with van der Waals surface area (Å²) in [4.78, 5) is 34.1. The van der Waals surface area contributed by atoms with Gasteiger partial charge < -0.3 is 23.4 Å². The fraction of sp³-hybridized carbons (Fsp3) is 0.450. The molecule has 2 heterocycles. The van der Waals surface area contributed by atoms with E-state index >= 15 is 0 Å². The van der Waals surface area contributed by atoms with E-state index in [9.17, 15) is 14.4 Å². The van der Waals surface area contributed by atoms with E-state index < -0.39 is 30.0 Å². The van der Waals surface area contributed by atoms with E-state index in [1.165, 1.54) is 19.9 Å². The number of rotatable bonds is 5. The van der Waals surface area contributed by atoms with Gasteiger partial charge in [-0.25, -0.2) is 4.79 Å². The molecule has 8 heteroatoms. The molecule has 0 spiro atoms. The van der Waals surface area contributed by atoms with Crippen molar-refractivity contribution in [1.82, 2.24) is 0 Å². The van der Waals surface area contributed by atoms with Crippen molar-refractivity contribution in [3.8, 4) is 5.75 Å². The summed E-state index contributed by atoms with van der Waals surface area (Å²) < 4.78 is 27.3. The Kier molecular flexibility index (Phi) is 5.99. The van der Waals surface area contributed by atoms with E-state index in [1.807, 2.05) is 6.92 Å². The van der Waals surface area contributed by atoms with Gasteiger partial charge in [-0.05, 0) is 37.5 Å². The zero-order chi connectivity index (χ0) is 20.3. The van der Waals surface area contributed by atoms with Crippen LogP contribution in [0.1, 0.15) is 32.3 Å². The lowest BCUT2D eigenvalue weighted by atomic mass is 10.1. The van der Waals surface area contributed by atoms with Crippen LogP contribution in [0.3, 0.4) is 0 Å². The third-order valence-electron chi connectivity index (χ3n) is 4.37. The minimum absolute atomic E-state index is 0.0910. The molecule has 8 nitrogen and oxygen atoms in total. The lowest BCUT2D eigenvalue weighted by Crippen LogP contribution is -2.46. The van der Waals surface area contributed by atoms with Gasteiger partial charge in [-0.15, -0.1) is 0 Å². The molecule has 0 N–H and O–H groups in total. The number of ether oxygens (including phenoxy) is 4. The predicted molar refractivity (Wildman–Crippen MR) is 97.9 cm³/mol. The van der Waals surface area contributed by atoms with E-state index in [2.05, 4.69) is 0 Å². The second-order valence-corrected chi connectivity index (χ2v) is 6.68. The smallest absolute Gasteiger partial charge is 0.336 e. The van der Waals surface area contributed by atoms with Gasteiger partial charge in [0.05, 0.1) is 6.10 Å². The van der Waals surface area contributed by atoms with Gasteiger partial charge in [0.1, 0.15) is 17.9 Å². The van der Waals surface area contributed by atoms with Gasteiger partial charge in [-0.1, -0.05) is 0 Å². The molecule has 1 aliphatic rings. The average Bonchev–Trinajstić information content (AvgIpc) is 2.61. The highest BCUT2D eigenvalue weighted by atomic mass is 16.7. The van der Waals surface area contributed by atoms with Crippen LogP contribution in [0.4, 0.5) is 0 Å². The first-order valence-corrected chi connectivity index (χ1v) is 8.99. The summed E-state index contributed by atoms with van der Waals surface area (Å²) in [5, 5.41) is 0.792. The summed E-state index contributed by atoms with van der Waals surface area (Å²) in [6.45, 7) is 4.55. The zero-order valence-electron chi connectivity index (χ0n) is 15.9. The number of fused-ring (bicyclic) bond motifs is 1. The standard InChI is InChI=1S/C20H22O8/c1-11-8-19(23)28-18-9-14(4-6-16(11)18)26-20-17(25-13(3)22)7-5-15(27-20)10-24-12(2)21/h4,6,8-9,15,17,20H,5,7,10H2,1-3H3/t15-,17+,20?/m0/s1. The lowest BCUT2D eigenvalue weighted by Gasteiger charge is -2.35. The number of hydrogen-bond acceptors (Lipinski definition) is 8. The first kappa shape index (κ1) is 19.9. The van der Waals surface area contributed by atoms with Gasteiger partial charge in [0.2, 0.25) is 6.29 Å². The van der Waals surface area contributed by atoms with Crippen molar-refractivity contribution in [2.45, 2.75) is 52.1 Å². The highest BCUT2D eigenvalue weighted by Crippen LogP contribution is 2.28. The van der Waals surface area contributed by atoms with Crippen LogP contribution in [0, 0.1) is 6.92 Å². The van der Waals surface area contributed by atoms with Crippen LogP contribution in [-0.4, -0.2) is 37.0 Å². The molecule has 0 amide bonds. The Morgan fingerprint density at radius 3 is 2.64 bits per heavy atom. The normalized spacial score (nSPS) is 21.9. The summed E-state index contributed by atoms with van der Waals surface area (Å²) in [5.41, 5.74) is 0.736. The number of aryl methyl sites for hydroxylation is 1. The maximum Gasteiger partial charge on any atom is 0.336 e. The van der Waals surface area contributed by atoms with Crippen molar-refractivity contribution in [3.63, 3.8) is 0 Å². The molecule has 1 fully saturated rings. The van der Waals surface area contributed by atoms with Crippen LogP contribution < -0.4 is 10.4 Å². The van der Waals surface area contributed by atoms with E-state index in [-0.39, 0.29) is 12.7 Å². The molecule has 1 saturated heterocycles. The highest BCUT2D eigenvalue weighted by molar-refractivity contribution is 5.81. The molecule has 1 aromatic carbocycles. The molecule has 1 unspecified atom stereocenters. The van der Waals surface area contributed by atoms with E-state index in [0.717, 1.165) is 10.9 Å².